The molecular formula is C20H21ClF2N2O2S. The lowest BCUT2D eigenvalue weighted by molar-refractivity contribution is 0.0943. The van der Waals surface area contributed by atoms with Gasteiger partial charge in [-0.05, 0) is 48.2 Å². The van der Waals surface area contributed by atoms with Crippen molar-refractivity contribution in [1.29, 1.82) is 0 Å². The largest absolute Gasteiger partial charge is 0.497 e. The fourth-order valence-corrected chi connectivity index (χ4v) is 4.28. The van der Waals surface area contributed by atoms with Crippen LogP contribution in [0.15, 0.2) is 30.3 Å². The Morgan fingerprint density at radius 2 is 1.82 bits per heavy atom. The van der Waals surface area contributed by atoms with Gasteiger partial charge in [0.25, 0.3) is 5.91 Å². The molecule has 0 heterocycles. The first-order valence-electron chi connectivity index (χ1n) is 9.03. The van der Waals surface area contributed by atoms with Crippen molar-refractivity contribution in [1.82, 2.24) is 10.3 Å². The van der Waals surface area contributed by atoms with Crippen LogP contribution in [0.5, 0.6) is 5.75 Å². The summed E-state index contributed by atoms with van der Waals surface area (Å²) in [6.07, 6.45) is 5.77. The number of methoxy groups -OCH3 is 1. The Balaban J connectivity index is 1.77. The molecule has 1 aliphatic rings. The van der Waals surface area contributed by atoms with Crippen molar-refractivity contribution in [2.75, 3.05) is 7.11 Å². The molecule has 0 aliphatic heterocycles. The van der Waals surface area contributed by atoms with Crippen LogP contribution in [0.2, 0.25) is 5.02 Å². The molecule has 8 heteroatoms. The molecule has 0 radical (unpaired) electrons. The highest BCUT2D eigenvalue weighted by molar-refractivity contribution is 7.98. The quantitative estimate of drug-likeness (QED) is 0.472. The molecule has 150 valence electrons. The topological polar surface area (TPSA) is 50.4 Å². The summed E-state index contributed by atoms with van der Waals surface area (Å²) < 4.78 is 33.3. The summed E-state index contributed by atoms with van der Waals surface area (Å²) in [5, 5.41) is 0.208. The van der Waals surface area contributed by atoms with Crippen molar-refractivity contribution < 1.29 is 18.3 Å². The van der Waals surface area contributed by atoms with Gasteiger partial charge in [-0.1, -0.05) is 42.8 Å². The average molecular weight is 427 g/mol. The fraction of sp³-hybridized carbons (Fsp3) is 0.350. The normalized spacial score (nSPS) is 14.7. The zero-order valence-corrected chi connectivity index (χ0v) is 16.9. The highest BCUT2D eigenvalue weighted by Gasteiger charge is 2.19. The number of amides is 1. The number of halogens is 3. The molecule has 0 bridgehead atoms. The second-order valence-corrected chi connectivity index (χ2v) is 8.15. The van der Waals surface area contributed by atoms with Gasteiger partial charge >= 0.3 is 0 Å². The molecule has 2 aromatic carbocycles. The second kappa shape index (κ2) is 9.58. The van der Waals surface area contributed by atoms with Crippen molar-refractivity contribution in [3.8, 4) is 16.9 Å². The third-order valence-electron chi connectivity index (χ3n) is 4.66. The molecule has 2 N–H and O–H groups in total. The minimum atomic E-state index is -0.823. The van der Waals surface area contributed by atoms with Crippen LogP contribution in [-0.4, -0.2) is 18.3 Å². The Morgan fingerprint density at radius 3 is 2.54 bits per heavy atom. The van der Waals surface area contributed by atoms with Crippen molar-refractivity contribution >= 4 is 29.5 Å². The molecule has 4 nitrogen and oxygen atoms in total. The maximum absolute atomic E-state index is 14.4. The Morgan fingerprint density at radius 1 is 1.11 bits per heavy atom. The van der Waals surface area contributed by atoms with E-state index in [-0.39, 0.29) is 10.6 Å². The minimum absolute atomic E-state index is 0.217. The molecule has 0 spiro atoms. The van der Waals surface area contributed by atoms with Gasteiger partial charge in [-0.2, -0.15) is 4.83 Å². The lowest BCUT2D eigenvalue weighted by Gasteiger charge is -2.21. The number of rotatable bonds is 6. The lowest BCUT2D eigenvalue weighted by atomic mass is 10.0. The van der Waals surface area contributed by atoms with E-state index in [0.717, 1.165) is 12.8 Å². The number of ether oxygens (including phenoxy) is 1. The Hall–Kier alpha value is -1.83. The Labute approximate surface area is 172 Å². The zero-order chi connectivity index (χ0) is 20.1. The molecule has 2 aromatic rings. The van der Waals surface area contributed by atoms with Crippen molar-refractivity contribution in [2.24, 2.45) is 0 Å². The molecule has 1 amide bonds. The van der Waals surface area contributed by atoms with E-state index in [4.69, 9.17) is 16.3 Å². The molecule has 0 saturated heterocycles. The molecular weight excluding hydrogens is 406 g/mol. The Kier molecular flexibility index (Phi) is 7.15. The highest BCUT2D eigenvalue weighted by atomic mass is 35.5. The van der Waals surface area contributed by atoms with E-state index in [1.807, 2.05) is 0 Å². The van der Waals surface area contributed by atoms with E-state index < -0.39 is 17.5 Å². The minimum Gasteiger partial charge on any atom is -0.497 e. The molecule has 1 saturated carbocycles. The molecule has 28 heavy (non-hydrogen) atoms. The lowest BCUT2D eigenvalue weighted by Crippen LogP contribution is -2.35. The van der Waals surface area contributed by atoms with Crippen LogP contribution in [0.25, 0.3) is 11.1 Å². The third-order valence-corrected chi connectivity index (χ3v) is 5.96. The summed E-state index contributed by atoms with van der Waals surface area (Å²) in [5.41, 5.74) is 3.12. The molecule has 0 unspecified atom stereocenters. The average Bonchev–Trinajstić information content (AvgIpc) is 2.70. The van der Waals surface area contributed by atoms with Gasteiger partial charge in [-0.15, -0.1) is 0 Å². The molecule has 0 aromatic heterocycles. The van der Waals surface area contributed by atoms with E-state index in [9.17, 15) is 13.6 Å². The van der Waals surface area contributed by atoms with E-state index in [2.05, 4.69) is 10.3 Å². The number of hydrazine groups is 1. The first-order chi connectivity index (χ1) is 13.5. The molecule has 0 atom stereocenters. The summed E-state index contributed by atoms with van der Waals surface area (Å²) in [5.74, 6) is -1.66. The molecule has 1 aliphatic carbocycles. The third kappa shape index (κ3) is 5.16. The van der Waals surface area contributed by atoms with Crippen LogP contribution in [0.1, 0.15) is 42.5 Å². The number of nitrogens with one attached hydrogen (secondary N) is 2. The molecule has 3 rings (SSSR count). The van der Waals surface area contributed by atoms with Gasteiger partial charge in [-0.25, -0.2) is 8.78 Å². The van der Waals surface area contributed by atoms with Crippen molar-refractivity contribution in [2.45, 2.75) is 37.4 Å². The van der Waals surface area contributed by atoms with E-state index in [0.29, 0.717) is 22.1 Å². The molecule has 1 fully saturated rings. The number of carbonyl (C=O) groups excluding carboxylic acids is 1. The summed E-state index contributed by atoms with van der Waals surface area (Å²) in [7, 11) is 1.42. The first-order valence-corrected chi connectivity index (χ1v) is 10.3. The number of benzene rings is 2. The van der Waals surface area contributed by atoms with Gasteiger partial charge in [0.15, 0.2) is 5.82 Å². The summed E-state index contributed by atoms with van der Waals surface area (Å²) in [6.45, 7) is 0. The van der Waals surface area contributed by atoms with Crippen LogP contribution < -0.4 is 15.0 Å². The standard InChI is InChI=1S/C20H21ClF2N2O2S/c1-27-15-8-12(7-14(22)11-15)13-9-17(19(23)18(21)10-13)20(26)24-25-28-16-5-3-2-4-6-16/h7-11,16,25H,2-6H2,1H3,(H,24,26). The van der Waals surface area contributed by atoms with Crippen LogP contribution in [0.3, 0.4) is 0 Å². The zero-order valence-electron chi connectivity index (χ0n) is 15.4. The van der Waals surface area contributed by atoms with Crippen LogP contribution in [0, 0.1) is 11.6 Å². The smallest absolute Gasteiger partial charge is 0.269 e. The number of carbonyl (C=O) groups is 1. The summed E-state index contributed by atoms with van der Waals surface area (Å²) in [4.78, 5) is 15.3. The van der Waals surface area contributed by atoms with Crippen molar-refractivity contribution in [3.05, 3.63) is 52.6 Å². The van der Waals surface area contributed by atoms with Crippen molar-refractivity contribution in [3.63, 3.8) is 0 Å². The predicted octanol–water partition coefficient (Wildman–Crippen LogP) is 5.51. The number of hydrogen-bond acceptors (Lipinski definition) is 4. The van der Waals surface area contributed by atoms with Crippen LogP contribution in [0.4, 0.5) is 8.78 Å². The maximum atomic E-state index is 14.4. The maximum Gasteiger partial charge on any atom is 0.269 e. The highest BCUT2D eigenvalue weighted by Crippen LogP contribution is 2.31. The predicted molar refractivity (Wildman–Crippen MR) is 108 cm³/mol. The van der Waals surface area contributed by atoms with Gasteiger partial charge in [0, 0.05) is 11.3 Å². The van der Waals surface area contributed by atoms with Gasteiger partial charge in [0.2, 0.25) is 0 Å². The monoisotopic (exact) mass is 426 g/mol. The number of hydrogen-bond donors (Lipinski definition) is 2. The fourth-order valence-electron chi connectivity index (χ4n) is 3.18. The van der Waals surface area contributed by atoms with E-state index in [1.54, 1.807) is 6.07 Å². The van der Waals surface area contributed by atoms with E-state index in [1.165, 1.54) is 62.6 Å². The van der Waals surface area contributed by atoms with Gasteiger partial charge in [0.05, 0.1) is 17.7 Å². The second-order valence-electron chi connectivity index (χ2n) is 6.63. The van der Waals surface area contributed by atoms with Gasteiger partial charge in [-0.3, -0.25) is 10.2 Å². The van der Waals surface area contributed by atoms with Crippen LogP contribution in [-0.2, 0) is 0 Å². The summed E-state index contributed by atoms with van der Waals surface area (Å²) >= 11 is 7.41. The van der Waals surface area contributed by atoms with Gasteiger partial charge in [0.1, 0.15) is 11.6 Å². The van der Waals surface area contributed by atoms with E-state index >= 15 is 0 Å². The van der Waals surface area contributed by atoms with Crippen LogP contribution >= 0.6 is 23.5 Å². The SMILES string of the molecule is COc1cc(F)cc(-c2cc(Cl)c(F)c(C(=O)NNSC3CCCCC3)c2)c1. The summed E-state index contributed by atoms with van der Waals surface area (Å²) in [6, 6.07) is 6.79. The first kappa shape index (κ1) is 20.9. The van der Waals surface area contributed by atoms with Gasteiger partial charge < -0.3 is 4.74 Å². The Bertz CT molecular complexity index is 860.